The predicted molar refractivity (Wildman–Crippen MR) is 55.1 cm³/mol. The van der Waals surface area contributed by atoms with Gasteiger partial charge in [-0.05, 0) is 0 Å². The number of piperazine rings is 1. The number of halogens is 1. The lowest BCUT2D eigenvalue weighted by Crippen LogP contribution is -2.53. The zero-order valence-corrected chi connectivity index (χ0v) is 9.59. The summed E-state index contributed by atoms with van der Waals surface area (Å²) in [7, 11) is -3.34. The van der Waals surface area contributed by atoms with E-state index >= 15 is 0 Å². The molecule has 0 radical (unpaired) electrons. The summed E-state index contributed by atoms with van der Waals surface area (Å²) in [5.41, 5.74) is 0. The monoisotopic (exact) mass is 253 g/mol. The Kier molecular flexibility index (Phi) is 2.78. The molecule has 2 saturated heterocycles. The minimum atomic E-state index is -3.34. The third-order valence-electron chi connectivity index (χ3n) is 2.73. The molecule has 2 heterocycles. The molecule has 1 atom stereocenters. The maximum atomic E-state index is 11.5. The molecule has 0 aromatic heterocycles. The van der Waals surface area contributed by atoms with E-state index in [-0.39, 0.29) is 12.1 Å². The van der Waals surface area contributed by atoms with E-state index in [0.29, 0.717) is 26.2 Å². The predicted octanol–water partition coefficient (Wildman–Crippen LogP) is -0.778. The lowest BCUT2D eigenvalue weighted by atomic mass is 10.2. The minimum absolute atomic E-state index is 0.0516. The van der Waals surface area contributed by atoms with E-state index in [0.717, 1.165) is 0 Å². The number of hydrogen-bond acceptors (Lipinski definition) is 3. The van der Waals surface area contributed by atoms with Gasteiger partial charge in [0.05, 0.1) is 6.04 Å². The lowest BCUT2D eigenvalue weighted by molar-refractivity contribution is 0.165. The van der Waals surface area contributed by atoms with E-state index in [1.54, 1.807) is 4.90 Å². The Morgan fingerprint density at radius 2 is 2.20 bits per heavy atom. The molecule has 2 fully saturated rings. The van der Waals surface area contributed by atoms with E-state index in [4.69, 9.17) is 11.6 Å². The van der Waals surface area contributed by atoms with Crippen LogP contribution in [0.4, 0.5) is 4.79 Å². The smallest absolute Gasteiger partial charge is 0.317 e. The third kappa shape index (κ3) is 1.91. The molecule has 0 aromatic carbocycles. The van der Waals surface area contributed by atoms with Crippen LogP contribution in [0.3, 0.4) is 0 Å². The van der Waals surface area contributed by atoms with Gasteiger partial charge in [0.1, 0.15) is 5.21 Å². The van der Waals surface area contributed by atoms with Crippen molar-refractivity contribution in [1.82, 2.24) is 14.5 Å². The molecule has 2 amide bonds. The Morgan fingerprint density at radius 1 is 1.47 bits per heavy atom. The van der Waals surface area contributed by atoms with Crippen molar-refractivity contribution in [3.63, 3.8) is 0 Å². The van der Waals surface area contributed by atoms with Crippen LogP contribution in [0.25, 0.3) is 0 Å². The third-order valence-corrected chi connectivity index (χ3v) is 4.95. The van der Waals surface area contributed by atoms with Crippen LogP contribution in [0, 0.1) is 0 Å². The second-order valence-electron chi connectivity index (χ2n) is 3.61. The lowest BCUT2D eigenvalue weighted by Gasteiger charge is -2.35. The fourth-order valence-corrected chi connectivity index (χ4v) is 3.21. The summed E-state index contributed by atoms with van der Waals surface area (Å²) < 4.78 is 24.3. The number of nitrogens with one attached hydrogen (secondary N) is 1. The molecule has 1 N–H and O–H groups in total. The number of carbonyl (C=O) groups is 1. The number of carbonyl (C=O) groups excluding carboxylic acids is 1. The number of amides is 2. The van der Waals surface area contributed by atoms with Gasteiger partial charge in [-0.15, -0.1) is 11.6 Å². The summed E-state index contributed by atoms with van der Waals surface area (Å²) in [5.74, 6) is 0. The van der Waals surface area contributed by atoms with Crippen LogP contribution in [-0.2, 0) is 10.0 Å². The number of fused-ring (bicyclic) bond motifs is 1. The second-order valence-corrected chi connectivity index (χ2v) is 6.17. The molecule has 0 spiro atoms. The number of rotatable bonds is 2. The van der Waals surface area contributed by atoms with Gasteiger partial charge in [-0.25, -0.2) is 13.2 Å². The summed E-state index contributed by atoms with van der Waals surface area (Å²) >= 11 is 5.37. The van der Waals surface area contributed by atoms with Gasteiger partial charge >= 0.3 is 6.03 Å². The van der Waals surface area contributed by atoms with E-state index in [9.17, 15) is 13.2 Å². The van der Waals surface area contributed by atoms with Gasteiger partial charge in [-0.2, -0.15) is 4.31 Å². The number of hydrogen-bond donors (Lipinski definition) is 1. The first-order chi connectivity index (χ1) is 7.04. The average Bonchev–Trinajstić information content (AvgIpc) is 2.60. The van der Waals surface area contributed by atoms with Gasteiger partial charge in [-0.1, -0.05) is 0 Å². The Morgan fingerprint density at radius 3 is 2.87 bits per heavy atom. The fraction of sp³-hybridized carbons (Fsp3) is 0.857. The molecule has 1 unspecified atom stereocenters. The molecule has 6 nitrogen and oxygen atoms in total. The summed E-state index contributed by atoms with van der Waals surface area (Å²) in [5, 5.41) is 2.28. The number of urea groups is 1. The topological polar surface area (TPSA) is 69.7 Å². The first-order valence-electron chi connectivity index (χ1n) is 4.63. The van der Waals surface area contributed by atoms with Crippen LogP contribution < -0.4 is 5.32 Å². The van der Waals surface area contributed by atoms with Crippen molar-refractivity contribution < 1.29 is 13.2 Å². The quantitative estimate of drug-likeness (QED) is 0.657. The fourth-order valence-electron chi connectivity index (χ4n) is 1.90. The zero-order valence-electron chi connectivity index (χ0n) is 8.02. The first-order valence-corrected chi connectivity index (χ1v) is 6.77. The van der Waals surface area contributed by atoms with Gasteiger partial charge in [0.2, 0.25) is 10.0 Å². The normalized spacial score (nSPS) is 27.7. The summed E-state index contributed by atoms with van der Waals surface area (Å²) in [4.78, 5) is 12.9. The molecule has 8 heteroatoms. The molecule has 0 bridgehead atoms. The maximum Gasteiger partial charge on any atom is 0.317 e. The molecule has 0 aromatic rings. The SMILES string of the molecule is O=C1NCC2CN(S(=O)(=O)CCl)CCN12. The van der Waals surface area contributed by atoms with E-state index in [1.165, 1.54) is 4.31 Å². The molecule has 0 saturated carbocycles. The van der Waals surface area contributed by atoms with Gasteiger partial charge < -0.3 is 10.2 Å². The molecular formula is C7H12ClN3O3S. The highest BCUT2D eigenvalue weighted by molar-refractivity contribution is 7.90. The zero-order chi connectivity index (χ0) is 11.1. The van der Waals surface area contributed by atoms with Crippen LogP contribution in [0.2, 0.25) is 0 Å². The Labute approximate surface area is 93.2 Å². The number of nitrogens with zero attached hydrogens (tertiary/aromatic N) is 2. The highest BCUT2D eigenvalue weighted by Crippen LogP contribution is 2.17. The van der Waals surface area contributed by atoms with Crippen LogP contribution in [0.15, 0.2) is 0 Å². The first kappa shape index (κ1) is 11.0. The van der Waals surface area contributed by atoms with Crippen molar-refractivity contribution in [3.8, 4) is 0 Å². The van der Waals surface area contributed by atoms with Crippen molar-refractivity contribution in [1.29, 1.82) is 0 Å². The van der Waals surface area contributed by atoms with E-state index < -0.39 is 15.2 Å². The van der Waals surface area contributed by atoms with Crippen molar-refractivity contribution in [2.45, 2.75) is 6.04 Å². The summed E-state index contributed by atoms with van der Waals surface area (Å²) in [6.45, 7) is 1.62. The van der Waals surface area contributed by atoms with Gasteiger partial charge in [0, 0.05) is 26.2 Å². The number of sulfonamides is 1. The molecule has 86 valence electrons. The highest BCUT2D eigenvalue weighted by Gasteiger charge is 2.38. The molecule has 2 rings (SSSR count). The Hall–Kier alpha value is -0.530. The van der Waals surface area contributed by atoms with Crippen LogP contribution in [0.1, 0.15) is 0 Å². The number of alkyl halides is 1. The minimum Gasteiger partial charge on any atom is -0.336 e. The average molecular weight is 254 g/mol. The maximum absolute atomic E-state index is 11.5. The standard InChI is InChI=1S/C7H12ClN3O3S/c8-5-15(13,14)10-1-2-11-6(4-10)3-9-7(11)12/h6H,1-5H2,(H,9,12). The van der Waals surface area contributed by atoms with E-state index in [2.05, 4.69) is 5.32 Å². The summed E-state index contributed by atoms with van der Waals surface area (Å²) in [6.07, 6.45) is 0. The van der Waals surface area contributed by atoms with Crippen molar-refractivity contribution in [2.75, 3.05) is 31.4 Å². The molecule has 2 aliphatic heterocycles. The molecule has 15 heavy (non-hydrogen) atoms. The van der Waals surface area contributed by atoms with Crippen LogP contribution in [0.5, 0.6) is 0 Å². The molecular weight excluding hydrogens is 242 g/mol. The molecule has 0 aliphatic carbocycles. The van der Waals surface area contributed by atoms with Crippen LogP contribution in [-0.4, -0.2) is 61.1 Å². The highest BCUT2D eigenvalue weighted by atomic mass is 35.5. The summed E-state index contributed by atoms with van der Waals surface area (Å²) in [6, 6.07) is -0.160. The van der Waals surface area contributed by atoms with Crippen LogP contribution >= 0.6 is 11.6 Å². The Bertz CT molecular complexity index is 372. The van der Waals surface area contributed by atoms with Crippen molar-refractivity contribution >= 4 is 27.7 Å². The largest absolute Gasteiger partial charge is 0.336 e. The molecule has 2 aliphatic rings. The van der Waals surface area contributed by atoms with Gasteiger partial charge in [0.15, 0.2) is 0 Å². The van der Waals surface area contributed by atoms with E-state index in [1.807, 2.05) is 0 Å². The Balaban J connectivity index is 2.09. The van der Waals surface area contributed by atoms with Crippen molar-refractivity contribution in [3.05, 3.63) is 0 Å². The van der Waals surface area contributed by atoms with Gasteiger partial charge in [-0.3, -0.25) is 0 Å². The van der Waals surface area contributed by atoms with Gasteiger partial charge in [0.25, 0.3) is 0 Å². The second kappa shape index (κ2) is 3.80. The van der Waals surface area contributed by atoms with Crippen molar-refractivity contribution in [2.24, 2.45) is 0 Å².